The number of ether oxygens (including phenoxy) is 2. The van der Waals surface area contributed by atoms with Gasteiger partial charge in [-0.05, 0) is 52.0 Å². The molecule has 1 amide bonds. The average molecular weight is 312 g/mol. The van der Waals surface area contributed by atoms with Crippen molar-refractivity contribution in [3.05, 3.63) is 0 Å². The van der Waals surface area contributed by atoms with Gasteiger partial charge in [-0.15, -0.1) is 0 Å². The fraction of sp³-hybridized carbons (Fsp3) is 0.941. The summed E-state index contributed by atoms with van der Waals surface area (Å²) in [6.07, 6.45) is 4.87. The molecule has 0 aromatic carbocycles. The molecule has 1 unspecified atom stereocenters. The van der Waals surface area contributed by atoms with Gasteiger partial charge in [0.15, 0.2) is 0 Å². The van der Waals surface area contributed by atoms with Crippen molar-refractivity contribution in [2.75, 3.05) is 47.0 Å². The van der Waals surface area contributed by atoms with Crippen molar-refractivity contribution in [3.8, 4) is 0 Å². The van der Waals surface area contributed by atoms with E-state index in [2.05, 4.69) is 25.8 Å². The number of likely N-dealkylation sites (N-methyl/N-ethyl adjacent to an activating group) is 1. The van der Waals surface area contributed by atoms with Crippen molar-refractivity contribution >= 4 is 5.91 Å². The van der Waals surface area contributed by atoms with Gasteiger partial charge in [0.25, 0.3) is 0 Å². The fourth-order valence-corrected chi connectivity index (χ4v) is 3.43. The topological polar surface area (TPSA) is 42.0 Å². The van der Waals surface area contributed by atoms with E-state index in [1.807, 2.05) is 4.90 Å². The highest BCUT2D eigenvalue weighted by atomic mass is 16.5. The Morgan fingerprint density at radius 3 is 2.55 bits per heavy atom. The third-order valence-corrected chi connectivity index (χ3v) is 5.44. The van der Waals surface area contributed by atoms with Crippen molar-refractivity contribution in [2.24, 2.45) is 5.41 Å². The van der Waals surface area contributed by atoms with Crippen LogP contribution in [0.4, 0.5) is 0 Å². The summed E-state index contributed by atoms with van der Waals surface area (Å²) in [6, 6.07) is 0.564. The second-order valence-electron chi connectivity index (χ2n) is 7.32. The van der Waals surface area contributed by atoms with Crippen molar-refractivity contribution in [1.82, 2.24) is 9.80 Å². The third kappa shape index (κ3) is 4.43. The van der Waals surface area contributed by atoms with Crippen LogP contribution in [0.2, 0.25) is 0 Å². The Kier molecular flexibility index (Phi) is 6.24. The molecule has 1 atom stereocenters. The van der Waals surface area contributed by atoms with Gasteiger partial charge in [0, 0.05) is 32.8 Å². The zero-order chi connectivity index (χ0) is 16.2. The minimum absolute atomic E-state index is 0.116. The van der Waals surface area contributed by atoms with E-state index in [0.717, 1.165) is 45.5 Å². The molecule has 128 valence electrons. The predicted octanol–water partition coefficient (Wildman–Crippen LogP) is 1.76. The second kappa shape index (κ2) is 7.75. The molecular weight excluding hydrogens is 280 g/mol. The van der Waals surface area contributed by atoms with Gasteiger partial charge in [0.05, 0.1) is 12.7 Å². The molecule has 1 spiro atoms. The van der Waals surface area contributed by atoms with Crippen LogP contribution in [-0.2, 0) is 14.3 Å². The Morgan fingerprint density at radius 2 is 2.05 bits per heavy atom. The van der Waals surface area contributed by atoms with E-state index in [0.29, 0.717) is 17.6 Å². The summed E-state index contributed by atoms with van der Waals surface area (Å²) in [4.78, 5) is 16.2. The van der Waals surface area contributed by atoms with Gasteiger partial charge in [-0.2, -0.15) is 0 Å². The van der Waals surface area contributed by atoms with Gasteiger partial charge < -0.3 is 19.3 Å². The van der Waals surface area contributed by atoms with Crippen molar-refractivity contribution < 1.29 is 14.3 Å². The van der Waals surface area contributed by atoms with Crippen LogP contribution in [-0.4, -0.2) is 74.9 Å². The molecule has 0 aromatic rings. The van der Waals surface area contributed by atoms with E-state index in [4.69, 9.17) is 9.47 Å². The number of methoxy groups -OCH3 is 1. The fourth-order valence-electron chi connectivity index (χ4n) is 3.43. The van der Waals surface area contributed by atoms with Crippen LogP contribution in [0.25, 0.3) is 0 Å². The number of carbonyl (C=O) groups is 1. The van der Waals surface area contributed by atoms with Crippen LogP contribution < -0.4 is 0 Å². The molecule has 2 aliphatic rings. The number of likely N-dealkylation sites (tertiary alicyclic amines) is 1. The summed E-state index contributed by atoms with van der Waals surface area (Å²) < 4.78 is 11.1. The van der Waals surface area contributed by atoms with Crippen LogP contribution in [0.3, 0.4) is 0 Å². The first-order valence-corrected chi connectivity index (χ1v) is 8.54. The lowest BCUT2D eigenvalue weighted by molar-refractivity contribution is -0.141. The summed E-state index contributed by atoms with van der Waals surface area (Å²) in [6.45, 7) is 8.22. The Balaban J connectivity index is 1.76. The highest BCUT2D eigenvalue weighted by molar-refractivity contribution is 5.77. The third-order valence-electron chi connectivity index (χ3n) is 5.44. The van der Waals surface area contributed by atoms with E-state index in [1.54, 1.807) is 7.11 Å². The first-order chi connectivity index (χ1) is 10.5. The lowest BCUT2D eigenvalue weighted by atomic mass is 9.73. The Labute approximate surface area is 134 Å². The molecule has 5 heteroatoms. The molecule has 0 radical (unpaired) electrons. The van der Waals surface area contributed by atoms with Gasteiger partial charge in [-0.25, -0.2) is 0 Å². The first kappa shape index (κ1) is 17.7. The molecule has 0 aliphatic carbocycles. The largest absolute Gasteiger partial charge is 0.376 e. The standard InChI is InChI=1S/C17H32N2O3/c1-14(2)18(3)11-15-5-6-17(13-22-15)7-9-19(10-8-17)16(20)12-21-4/h14-15H,5-13H2,1-4H3. The highest BCUT2D eigenvalue weighted by Crippen LogP contribution is 2.40. The number of carbonyl (C=O) groups excluding carboxylic acids is 1. The lowest BCUT2D eigenvalue weighted by Gasteiger charge is -2.46. The maximum atomic E-state index is 11.9. The maximum absolute atomic E-state index is 11.9. The highest BCUT2D eigenvalue weighted by Gasteiger charge is 2.39. The Morgan fingerprint density at radius 1 is 1.36 bits per heavy atom. The molecule has 5 nitrogen and oxygen atoms in total. The Hall–Kier alpha value is -0.650. The van der Waals surface area contributed by atoms with Crippen molar-refractivity contribution in [2.45, 2.75) is 51.7 Å². The molecule has 0 N–H and O–H groups in total. The maximum Gasteiger partial charge on any atom is 0.248 e. The minimum atomic E-state index is 0.116. The van der Waals surface area contributed by atoms with Crippen molar-refractivity contribution in [3.63, 3.8) is 0 Å². The minimum Gasteiger partial charge on any atom is -0.376 e. The van der Waals surface area contributed by atoms with Gasteiger partial charge in [0.2, 0.25) is 5.91 Å². The van der Waals surface area contributed by atoms with Crippen LogP contribution in [0.1, 0.15) is 39.5 Å². The predicted molar refractivity (Wildman–Crippen MR) is 86.9 cm³/mol. The number of hydrogen-bond acceptors (Lipinski definition) is 4. The van der Waals surface area contributed by atoms with Gasteiger partial charge >= 0.3 is 0 Å². The number of rotatable bonds is 5. The smallest absolute Gasteiger partial charge is 0.248 e. The molecule has 2 aliphatic heterocycles. The number of piperidine rings is 1. The van der Waals surface area contributed by atoms with Gasteiger partial charge in [-0.3, -0.25) is 4.79 Å². The second-order valence-corrected chi connectivity index (χ2v) is 7.32. The number of nitrogens with zero attached hydrogens (tertiary/aromatic N) is 2. The van der Waals surface area contributed by atoms with Crippen LogP contribution in [0.15, 0.2) is 0 Å². The monoisotopic (exact) mass is 312 g/mol. The van der Waals surface area contributed by atoms with Crippen molar-refractivity contribution in [1.29, 1.82) is 0 Å². The first-order valence-electron chi connectivity index (χ1n) is 8.54. The quantitative estimate of drug-likeness (QED) is 0.776. The van der Waals surface area contributed by atoms with E-state index in [9.17, 15) is 4.79 Å². The lowest BCUT2D eigenvalue weighted by Crippen LogP contribution is -2.49. The van der Waals surface area contributed by atoms with Crippen LogP contribution in [0.5, 0.6) is 0 Å². The van der Waals surface area contributed by atoms with E-state index < -0.39 is 0 Å². The van der Waals surface area contributed by atoms with Crippen LogP contribution >= 0.6 is 0 Å². The molecule has 2 heterocycles. The molecule has 2 saturated heterocycles. The number of hydrogen-bond donors (Lipinski definition) is 0. The molecule has 22 heavy (non-hydrogen) atoms. The summed E-state index contributed by atoms with van der Waals surface area (Å²) >= 11 is 0. The summed E-state index contributed by atoms with van der Waals surface area (Å²) in [5, 5.41) is 0. The van der Waals surface area contributed by atoms with E-state index in [-0.39, 0.29) is 12.5 Å². The number of amides is 1. The van der Waals surface area contributed by atoms with Gasteiger partial charge in [0.1, 0.15) is 6.61 Å². The normalized spacial score (nSPS) is 25.2. The summed E-state index contributed by atoms with van der Waals surface area (Å²) in [5.74, 6) is 0.116. The zero-order valence-corrected chi connectivity index (χ0v) is 14.6. The summed E-state index contributed by atoms with van der Waals surface area (Å²) in [5.41, 5.74) is 0.302. The van der Waals surface area contributed by atoms with E-state index >= 15 is 0 Å². The molecule has 2 fully saturated rings. The SMILES string of the molecule is COCC(=O)N1CCC2(CCC(CN(C)C(C)C)OC2)CC1. The Bertz CT molecular complexity index is 355. The molecule has 0 aromatic heterocycles. The molecular formula is C17H32N2O3. The molecule has 2 rings (SSSR count). The summed E-state index contributed by atoms with van der Waals surface area (Å²) in [7, 11) is 3.74. The van der Waals surface area contributed by atoms with E-state index in [1.165, 1.54) is 6.42 Å². The molecule has 0 saturated carbocycles. The van der Waals surface area contributed by atoms with Gasteiger partial charge in [-0.1, -0.05) is 0 Å². The van der Waals surface area contributed by atoms with Crippen LogP contribution in [0, 0.1) is 5.41 Å². The molecule has 0 bridgehead atoms. The zero-order valence-electron chi connectivity index (χ0n) is 14.6. The average Bonchev–Trinajstić information content (AvgIpc) is 2.50.